The molecule has 136 valence electrons. The highest BCUT2D eigenvalue weighted by atomic mass is 16.5. The van der Waals surface area contributed by atoms with Crippen LogP contribution in [0.4, 0.5) is 5.69 Å². The summed E-state index contributed by atoms with van der Waals surface area (Å²) in [6.45, 7) is 2.63. The van der Waals surface area contributed by atoms with Gasteiger partial charge in [0.15, 0.2) is 0 Å². The summed E-state index contributed by atoms with van der Waals surface area (Å²) in [7, 11) is 4.90. The standard InChI is InChI=1S/C19H19N3O.C2H6O/c1-3-4-5-6-16-11-17(12-20)21-14-19(16)22-13-15-7-9-18(23-2)10-8-15;1-3-2/h3-11,14,22H,13H2,1-2H3;1-2H3/b4-3-,6-5-;. The van der Waals surface area contributed by atoms with E-state index in [1.54, 1.807) is 33.6 Å². The summed E-state index contributed by atoms with van der Waals surface area (Å²) in [5, 5.41) is 12.4. The highest BCUT2D eigenvalue weighted by molar-refractivity contribution is 5.67. The lowest BCUT2D eigenvalue weighted by Gasteiger charge is -2.10. The third-order valence-corrected chi connectivity index (χ3v) is 3.27. The van der Waals surface area contributed by atoms with Crippen LogP contribution in [0.2, 0.25) is 0 Å². The molecule has 0 aliphatic carbocycles. The third kappa shape index (κ3) is 7.20. The minimum atomic E-state index is 0.403. The first-order chi connectivity index (χ1) is 12.7. The van der Waals surface area contributed by atoms with Crippen molar-refractivity contribution in [3.05, 3.63) is 71.6 Å². The molecule has 2 aromatic rings. The lowest BCUT2D eigenvalue weighted by molar-refractivity contribution is 0.277. The molecule has 26 heavy (non-hydrogen) atoms. The lowest BCUT2D eigenvalue weighted by Crippen LogP contribution is -2.02. The number of benzene rings is 1. The minimum Gasteiger partial charge on any atom is -0.497 e. The summed E-state index contributed by atoms with van der Waals surface area (Å²) in [6.07, 6.45) is 9.48. The molecule has 0 saturated heterocycles. The number of rotatable bonds is 6. The van der Waals surface area contributed by atoms with Crippen LogP contribution in [0, 0.1) is 11.3 Å². The highest BCUT2D eigenvalue weighted by Gasteiger charge is 2.03. The number of nitriles is 1. The molecular formula is C21H25N3O2. The smallest absolute Gasteiger partial charge is 0.141 e. The Hall–Kier alpha value is -3.10. The van der Waals surface area contributed by atoms with Gasteiger partial charge in [-0.25, -0.2) is 4.98 Å². The Labute approximate surface area is 155 Å². The molecule has 1 heterocycles. The largest absolute Gasteiger partial charge is 0.497 e. The molecule has 0 fully saturated rings. The van der Waals surface area contributed by atoms with E-state index in [2.05, 4.69) is 21.1 Å². The molecule has 2 rings (SSSR count). The van der Waals surface area contributed by atoms with Crippen molar-refractivity contribution in [3.63, 3.8) is 0 Å². The maximum absolute atomic E-state index is 9.00. The number of anilines is 1. The Morgan fingerprint density at radius 2 is 1.85 bits per heavy atom. The van der Waals surface area contributed by atoms with E-state index in [4.69, 9.17) is 10.00 Å². The van der Waals surface area contributed by atoms with Crippen molar-refractivity contribution in [2.75, 3.05) is 26.6 Å². The van der Waals surface area contributed by atoms with Crippen molar-refractivity contribution in [2.45, 2.75) is 13.5 Å². The van der Waals surface area contributed by atoms with E-state index in [-0.39, 0.29) is 0 Å². The van der Waals surface area contributed by atoms with E-state index >= 15 is 0 Å². The Bertz CT molecular complexity index is 760. The molecule has 1 aromatic carbocycles. The van der Waals surface area contributed by atoms with Crippen LogP contribution in [0.1, 0.15) is 23.7 Å². The van der Waals surface area contributed by atoms with Gasteiger partial charge in [0.2, 0.25) is 0 Å². The van der Waals surface area contributed by atoms with E-state index in [1.807, 2.05) is 55.5 Å². The number of aromatic nitrogens is 1. The van der Waals surface area contributed by atoms with E-state index in [1.165, 1.54) is 0 Å². The predicted molar refractivity (Wildman–Crippen MR) is 106 cm³/mol. The first-order valence-corrected chi connectivity index (χ1v) is 8.14. The Morgan fingerprint density at radius 1 is 1.15 bits per heavy atom. The van der Waals surface area contributed by atoms with E-state index in [0.717, 1.165) is 22.6 Å². The van der Waals surface area contributed by atoms with E-state index in [0.29, 0.717) is 12.2 Å². The Balaban J connectivity index is 0.00000105. The van der Waals surface area contributed by atoms with Gasteiger partial charge in [-0.1, -0.05) is 36.4 Å². The summed E-state index contributed by atoms with van der Waals surface area (Å²) >= 11 is 0. The van der Waals surface area contributed by atoms with Crippen LogP contribution in [0.5, 0.6) is 5.75 Å². The average molecular weight is 351 g/mol. The van der Waals surface area contributed by atoms with Crippen molar-refractivity contribution in [1.29, 1.82) is 5.26 Å². The van der Waals surface area contributed by atoms with Crippen LogP contribution >= 0.6 is 0 Å². The van der Waals surface area contributed by atoms with Crippen molar-refractivity contribution in [3.8, 4) is 11.8 Å². The number of methoxy groups -OCH3 is 2. The Morgan fingerprint density at radius 3 is 2.42 bits per heavy atom. The molecule has 0 amide bonds. The second-order valence-corrected chi connectivity index (χ2v) is 5.26. The zero-order valence-electron chi connectivity index (χ0n) is 15.7. The van der Waals surface area contributed by atoms with Gasteiger partial charge in [-0.15, -0.1) is 0 Å². The van der Waals surface area contributed by atoms with Crippen LogP contribution in [-0.2, 0) is 11.3 Å². The fraction of sp³-hybridized carbons (Fsp3) is 0.238. The molecule has 0 radical (unpaired) electrons. The van der Waals surface area contributed by atoms with Gasteiger partial charge in [-0.2, -0.15) is 5.26 Å². The third-order valence-electron chi connectivity index (χ3n) is 3.27. The molecule has 0 spiro atoms. The number of hydrogen-bond donors (Lipinski definition) is 1. The zero-order valence-corrected chi connectivity index (χ0v) is 15.7. The first kappa shape index (κ1) is 20.9. The lowest BCUT2D eigenvalue weighted by atomic mass is 10.1. The summed E-state index contributed by atoms with van der Waals surface area (Å²) in [5.41, 5.74) is 3.36. The van der Waals surface area contributed by atoms with Crippen molar-refractivity contribution >= 4 is 11.8 Å². The summed E-state index contributed by atoms with van der Waals surface area (Å²) < 4.78 is 9.40. The van der Waals surface area contributed by atoms with Gasteiger partial charge >= 0.3 is 0 Å². The molecule has 0 unspecified atom stereocenters. The van der Waals surface area contributed by atoms with E-state index < -0.39 is 0 Å². The molecule has 5 heteroatoms. The number of ether oxygens (including phenoxy) is 2. The number of nitrogens with one attached hydrogen (secondary N) is 1. The number of allylic oxidation sites excluding steroid dienone is 3. The van der Waals surface area contributed by atoms with Gasteiger partial charge in [-0.3, -0.25) is 0 Å². The number of nitrogens with zero attached hydrogens (tertiary/aromatic N) is 2. The summed E-state index contributed by atoms with van der Waals surface area (Å²) in [4.78, 5) is 4.13. The molecular weight excluding hydrogens is 326 g/mol. The normalized spacial score (nSPS) is 10.3. The van der Waals surface area contributed by atoms with Gasteiger partial charge in [0.25, 0.3) is 0 Å². The summed E-state index contributed by atoms with van der Waals surface area (Å²) in [5.74, 6) is 0.837. The SMILES string of the molecule is C/C=C\C=C/c1cc(C#N)ncc1NCc1ccc(OC)cc1.COC. The highest BCUT2D eigenvalue weighted by Crippen LogP contribution is 2.19. The zero-order chi connectivity index (χ0) is 19.2. The van der Waals surface area contributed by atoms with Gasteiger partial charge in [-0.05, 0) is 30.7 Å². The molecule has 1 aromatic heterocycles. The summed E-state index contributed by atoms with van der Waals surface area (Å²) in [6, 6.07) is 11.7. The van der Waals surface area contributed by atoms with Gasteiger partial charge in [0, 0.05) is 26.3 Å². The second-order valence-electron chi connectivity index (χ2n) is 5.26. The monoisotopic (exact) mass is 351 g/mol. The fourth-order valence-corrected chi connectivity index (χ4v) is 2.03. The Kier molecular flexibility index (Phi) is 9.90. The van der Waals surface area contributed by atoms with Crippen LogP contribution in [0.3, 0.4) is 0 Å². The van der Waals surface area contributed by atoms with Crippen molar-refractivity contribution in [1.82, 2.24) is 4.98 Å². The van der Waals surface area contributed by atoms with Crippen LogP contribution in [0.15, 0.2) is 54.8 Å². The first-order valence-electron chi connectivity index (χ1n) is 8.14. The predicted octanol–water partition coefficient (Wildman–Crippen LogP) is 4.43. The van der Waals surface area contributed by atoms with Crippen LogP contribution in [0.25, 0.3) is 6.08 Å². The molecule has 0 saturated carbocycles. The van der Waals surface area contributed by atoms with Gasteiger partial charge < -0.3 is 14.8 Å². The average Bonchev–Trinajstić information content (AvgIpc) is 2.68. The maximum Gasteiger partial charge on any atom is 0.141 e. The topological polar surface area (TPSA) is 67.2 Å². The minimum absolute atomic E-state index is 0.403. The van der Waals surface area contributed by atoms with Crippen molar-refractivity contribution in [2.24, 2.45) is 0 Å². The quantitative estimate of drug-likeness (QED) is 0.780. The molecule has 0 aliphatic rings. The van der Waals surface area contributed by atoms with Crippen LogP contribution in [-0.4, -0.2) is 26.3 Å². The molecule has 0 atom stereocenters. The van der Waals surface area contributed by atoms with Crippen LogP contribution < -0.4 is 10.1 Å². The fourth-order valence-electron chi connectivity index (χ4n) is 2.03. The molecule has 0 bridgehead atoms. The number of hydrogen-bond acceptors (Lipinski definition) is 5. The van der Waals surface area contributed by atoms with Gasteiger partial charge in [0.1, 0.15) is 17.5 Å². The molecule has 5 nitrogen and oxygen atoms in total. The number of pyridine rings is 1. The molecule has 0 aliphatic heterocycles. The second kappa shape index (κ2) is 12.3. The maximum atomic E-state index is 9.00. The van der Waals surface area contributed by atoms with Gasteiger partial charge in [0.05, 0.1) is 19.0 Å². The molecule has 1 N–H and O–H groups in total. The van der Waals surface area contributed by atoms with Crippen molar-refractivity contribution < 1.29 is 9.47 Å². The van der Waals surface area contributed by atoms with E-state index in [9.17, 15) is 0 Å².